The van der Waals surface area contributed by atoms with E-state index in [0.29, 0.717) is 0 Å². The van der Waals surface area contributed by atoms with Gasteiger partial charge in [0.2, 0.25) is 0 Å². The highest BCUT2D eigenvalue weighted by atomic mass is 32.2. The maximum absolute atomic E-state index is 4.32. The van der Waals surface area contributed by atoms with Crippen LogP contribution in [-0.4, -0.2) is 5.75 Å². The van der Waals surface area contributed by atoms with Crippen molar-refractivity contribution in [1.29, 1.82) is 0 Å². The SMILES string of the molecule is C=C1c2ccc(CC)cc2CN1c1ccc2c(c1)SCC2. The smallest absolute Gasteiger partial charge is 0.0488 e. The first kappa shape index (κ1) is 13.0. The second-order valence-electron chi connectivity index (χ2n) is 5.77. The Labute approximate surface area is 130 Å². The molecule has 0 unspecified atom stereocenters. The number of fused-ring (bicyclic) bond motifs is 2. The summed E-state index contributed by atoms with van der Waals surface area (Å²) in [4.78, 5) is 3.80. The van der Waals surface area contributed by atoms with E-state index >= 15 is 0 Å². The van der Waals surface area contributed by atoms with E-state index in [1.165, 1.54) is 45.0 Å². The van der Waals surface area contributed by atoms with Crippen LogP contribution in [0.2, 0.25) is 0 Å². The maximum atomic E-state index is 4.32. The highest BCUT2D eigenvalue weighted by Crippen LogP contribution is 2.40. The summed E-state index contributed by atoms with van der Waals surface area (Å²) in [5.41, 5.74) is 8.04. The molecule has 0 spiro atoms. The second kappa shape index (κ2) is 4.96. The molecule has 0 saturated heterocycles. The summed E-state index contributed by atoms with van der Waals surface area (Å²) in [7, 11) is 0. The predicted octanol–water partition coefficient (Wildman–Crippen LogP) is 4.89. The Morgan fingerprint density at radius 1 is 1.14 bits per heavy atom. The molecule has 0 aromatic heterocycles. The predicted molar refractivity (Wildman–Crippen MR) is 91.9 cm³/mol. The largest absolute Gasteiger partial charge is 0.337 e. The van der Waals surface area contributed by atoms with Crippen LogP contribution in [-0.2, 0) is 19.4 Å². The minimum absolute atomic E-state index is 0.950. The lowest BCUT2D eigenvalue weighted by atomic mass is 10.0. The van der Waals surface area contributed by atoms with Gasteiger partial charge in [0, 0.05) is 34.1 Å². The van der Waals surface area contributed by atoms with Crippen LogP contribution in [0.3, 0.4) is 0 Å². The fourth-order valence-electron chi connectivity index (χ4n) is 3.26. The molecule has 0 N–H and O–H groups in total. The normalized spacial score (nSPS) is 16.2. The molecule has 0 bridgehead atoms. The van der Waals surface area contributed by atoms with Crippen molar-refractivity contribution in [2.45, 2.75) is 31.2 Å². The third-order valence-electron chi connectivity index (χ3n) is 4.53. The molecule has 2 aliphatic heterocycles. The molecule has 4 rings (SSSR count). The molecule has 106 valence electrons. The van der Waals surface area contributed by atoms with Crippen molar-refractivity contribution in [3.63, 3.8) is 0 Å². The van der Waals surface area contributed by atoms with Crippen molar-refractivity contribution in [3.8, 4) is 0 Å². The summed E-state index contributed by atoms with van der Waals surface area (Å²) in [6.07, 6.45) is 2.30. The molecule has 0 atom stereocenters. The van der Waals surface area contributed by atoms with Crippen molar-refractivity contribution >= 4 is 23.1 Å². The number of nitrogens with zero attached hydrogens (tertiary/aromatic N) is 1. The van der Waals surface area contributed by atoms with E-state index in [1.807, 2.05) is 11.8 Å². The lowest BCUT2D eigenvalue weighted by Crippen LogP contribution is -2.13. The maximum Gasteiger partial charge on any atom is 0.0488 e. The van der Waals surface area contributed by atoms with Gasteiger partial charge in [0.25, 0.3) is 0 Å². The molecular formula is C19H19NS. The van der Waals surface area contributed by atoms with E-state index < -0.39 is 0 Å². The van der Waals surface area contributed by atoms with Crippen LogP contribution in [0.15, 0.2) is 47.9 Å². The zero-order valence-corrected chi connectivity index (χ0v) is 13.2. The van der Waals surface area contributed by atoms with Crippen molar-refractivity contribution in [1.82, 2.24) is 0 Å². The van der Waals surface area contributed by atoms with Gasteiger partial charge in [-0.2, -0.15) is 0 Å². The summed E-state index contributed by atoms with van der Waals surface area (Å²) < 4.78 is 0. The standard InChI is InChI=1S/C19H19NS/c1-3-14-4-7-18-13(2)20(12-16(18)10-14)17-6-5-15-8-9-21-19(15)11-17/h4-7,10-11H,2-3,8-9,12H2,1H3. The van der Waals surface area contributed by atoms with Gasteiger partial charge in [0.15, 0.2) is 0 Å². The first-order chi connectivity index (χ1) is 10.3. The second-order valence-corrected chi connectivity index (χ2v) is 6.91. The van der Waals surface area contributed by atoms with E-state index in [0.717, 1.165) is 18.7 Å². The highest BCUT2D eigenvalue weighted by molar-refractivity contribution is 7.99. The number of hydrogen-bond donors (Lipinski definition) is 0. The minimum Gasteiger partial charge on any atom is -0.337 e. The molecule has 0 amide bonds. The number of benzene rings is 2. The average Bonchev–Trinajstić information content (AvgIpc) is 3.10. The van der Waals surface area contributed by atoms with Crippen LogP contribution in [0.4, 0.5) is 5.69 Å². The van der Waals surface area contributed by atoms with E-state index in [-0.39, 0.29) is 0 Å². The molecule has 2 aromatic rings. The van der Waals surface area contributed by atoms with Crippen molar-refractivity contribution in [2.24, 2.45) is 0 Å². The molecule has 0 saturated carbocycles. The lowest BCUT2D eigenvalue weighted by Gasteiger charge is -2.20. The number of hydrogen-bond acceptors (Lipinski definition) is 2. The van der Waals surface area contributed by atoms with E-state index in [9.17, 15) is 0 Å². The third kappa shape index (κ3) is 2.09. The number of rotatable bonds is 2. The van der Waals surface area contributed by atoms with Crippen LogP contribution >= 0.6 is 11.8 Å². The van der Waals surface area contributed by atoms with E-state index in [1.54, 1.807) is 0 Å². The molecule has 2 aromatic carbocycles. The van der Waals surface area contributed by atoms with Crippen molar-refractivity contribution < 1.29 is 0 Å². The van der Waals surface area contributed by atoms with E-state index in [2.05, 4.69) is 54.8 Å². The van der Waals surface area contributed by atoms with Gasteiger partial charge in [0.1, 0.15) is 0 Å². The minimum atomic E-state index is 0.950. The summed E-state index contributed by atoms with van der Waals surface area (Å²) in [5.74, 6) is 1.22. The number of thioether (sulfide) groups is 1. The monoisotopic (exact) mass is 293 g/mol. The first-order valence-electron chi connectivity index (χ1n) is 7.60. The Hall–Kier alpha value is -1.67. The molecule has 2 heteroatoms. The van der Waals surface area contributed by atoms with Gasteiger partial charge in [-0.05, 0) is 41.7 Å². The van der Waals surface area contributed by atoms with Crippen LogP contribution in [0.25, 0.3) is 5.70 Å². The molecule has 1 nitrogen and oxygen atoms in total. The summed E-state index contributed by atoms with van der Waals surface area (Å²) in [5, 5.41) is 0. The lowest BCUT2D eigenvalue weighted by molar-refractivity contribution is 1.02. The summed E-state index contributed by atoms with van der Waals surface area (Å²) >= 11 is 1.98. The topological polar surface area (TPSA) is 3.24 Å². The Morgan fingerprint density at radius 2 is 2.05 bits per heavy atom. The van der Waals surface area contributed by atoms with Crippen LogP contribution in [0.5, 0.6) is 0 Å². The van der Waals surface area contributed by atoms with Crippen molar-refractivity contribution in [3.05, 3.63) is 65.2 Å². The average molecular weight is 293 g/mol. The Balaban J connectivity index is 1.70. The fraction of sp³-hybridized carbons (Fsp3) is 0.263. The van der Waals surface area contributed by atoms with Gasteiger partial charge >= 0.3 is 0 Å². The Morgan fingerprint density at radius 3 is 2.90 bits per heavy atom. The fourth-order valence-corrected chi connectivity index (χ4v) is 4.36. The van der Waals surface area contributed by atoms with Gasteiger partial charge in [-0.25, -0.2) is 0 Å². The van der Waals surface area contributed by atoms with Crippen LogP contribution in [0, 0.1) is 0 Å². The van der Waals surface area contributed by atoms with E-state index in [4.69, 9.17) is 0 Å². The highest BCUT2D eigenvalue weighted by Gasteiger charge is 2.24. The molecule has 2 heterocycles. The third-order valence-corrected chi connectivity index (χ3v) is 5.63. The van der Waals surface area contributed by atoms with Gasteiger partial charge in [0.05, 0.1) is 0 Å². The van der Waals surface area contributed by atoms with Crippen LogP contribution in [0.1, 0.15) is 29.2 Å². The summed E-state index contributed by atoms with van der Waals surface area (Å²) in [6, 6.07) is 13.7. The quantitative estimate of drug-likeness (QED) is 0.775. The zero-order valence-electron chi connectivity index (χ0n) is 12.4. The number of aryl methyl sites for hydroxylation is 2. The Bertz CT molecular complexity index is 732. The Kier molecular flexibility index (Phi) is 3.07. The molecule has 0 aliphatic carbocycles. The molecule has 0 radical (unpaired) electrons. The van der Waals surface area contributed by atoms with Gasteiger partial charge in [-0.1, -0.05) is 37.8 Å². The number of anilines is 1. The molecular weight excluding hydrogens is 274 g/mol. The zero-order chi connectivity index (χ0) is 14.4. The molecule has 21 heavy (non-hydrogen) atoms. The van der Waals surface area contributed by atoms with Crippen molar-refractivity contribution in [2.75, 3.05) is 10.7 Å². The van der Waals surface area contributed by atoms with Gasteiger partial charge in [-0.3, -0.25) is 0 Å². The van der Waals surface area contributed by atoms with Gasteiger partial charge in [-0.15, -0.1) is 11.8 Å². The first-order valence-corrected chi connectivity index (χ1v) is 8.59. The van der Waals surface area contributed by atoms with Gasteiger partial charge < -0.3 is 4.90 Å². The van der Waals surface area contributed by atoms with Crippen LogP contribution < -0.4 is 4.90 Å². The molecule has 2 aliphatic rings. The molecule has 0 fully saturated rings. The summed E-state index contributed by atoms with van der Waals surface area (Å²) in [6.45, 7) is 7.48.